The number of aliphatic hydroxyl groups excluding tert-OH is 1. The minimum atomic E-state index is -1.06. The SMILES string of the molecule is CC(C)(C)C(C[C@@H](O)c1ccccc1)NC(=O)O. The van der Waals surface area contributed by atoms with Crippen LogP contribution in [0.5, 0.6) is 0 Å². The molecule has 0 saturated carbocycles. The lowest BCUT2D eigenvalue weighted by atomic mass is 9.82. The van der Waals surface area contributed by atoms with Crippen molar-refractivity contribution in [3.8, 4) is 0 Å². The largest absolute Gasteiger partial charge is 0.465 e. The smallest absolute Gasteiger partial charge is 0.404 e. The number of hydrogen-bond acceptors (Lipinski definition) is 2. The maximum Gasteiger partial charge on any atom is 0.404 e. The van der Waals surface area contributed by atoms with E-state index in [4.69, 9.17) is 5.11 Å². The molecule has 0 aromatic heterocycles. The van der Waals surface area contributed by atoms with E-state index in [0.717, 1.165) is 5.56 Å². The molecule has 3 N–H and O–H groups in total. The van der Waals surface area contributed by atoms with Gasteiger partial charge >= 0.3 is 6.09 Å². The van der Waals surface area contributed by atoms with Crippen molar-refractivity contribution in [3.05, 3.63) is 35.9 Å². The maximum absolute atomic E-state index is 10.8. The summed E-state index contributed by atoms with van der Waals surface area (Å²) in [7, 11) is 0. The Morgan fingerprint density at radius 1 is 1.28 bits per heavy atom. The molecule has 0 aliphatic rings. The van der Waals surface area contributed by atoms with Crippen LogP contribution in [0.2, 0.25) is 0 Å². The number of nitrogens with one attached hydrogen (secondary N) is 1. The normalized spacial score (nSPS) is 14.9. The van der Waals surface area contributed by atoms with Crippen molar-refractivity contribution >= 4 is 6.09 Å². The van der Waals surface area contributed by atoms with E-state index in [1.54, 1.807) is 0 Å². The molecule has 1 amide bonds. The molecule has 18 heavy (non-hydrogen) atoms. The lowest BCUT2D eigenvalue weighted by Gasteiger charge is -2.32. The Hall–Kier alpha value is -1.55. The van der Waals surface area contributed by atoms with Gasteiger partial charge in [0.25, 0.3) is 0 Å². The summed E-state index contributed by atoms with van der Waals surface area (Å²) in [6.07, 6.45) is -1.36. The maximum atomic E-state index is 10.8. The predicted molar refractivity (Wildman–Crippen MR) is 70.4 cm³/mol. The van der Waals surface area contributed by atoms with Gasteiger partial charge < -0.3 is 15.5 Å². The molecule has 0 fully saturated rings. The number of benzene rings is 1. The summed E-state index contributed by atoms with van der Waals surface area (Å²) in [5.41, 5.74) is 0.563. The van der Waals surface area contributed by atoms with E-state index < -0.39 is 12.2 Å². The first-order valence-electron chi connectivity index (χ1n) is 6.03. The second kappa shape index (κ2) is 5.87. The number of hydrogen-bond donors (Lipinski definition) is 3. The molecule has 0 radical (unpaired) electrons. The van der Waals surface area contributed by atoms with Crippen LogP contribution < -0.4 is 5.32 Å². The van der Waals surface area contributed by atoms with Gasteiger partial charge in [-0.25, -0.2) is 4.79 Å². The molecule has 4 nitrogen and oxygen atoms in total. The summed E-state index contributed by atoms with van der Waals surface area (Å²) in [6, 6.07) is 8.97. The topological polar surface area (TPSA) is 69.6 Å². The van der Waals surface area contributed by atoms with Gasteiger partial charge in [-0.1, -0.05) is 51.1 Å². The number of carboxylic acid groups (broad SMARTS) is 1. The predicted octanol–water partition coefficient (Wildman–Crippen LogP) is 2.79. The van der Waals surface area contributed by atoms with Crippen LogP contribution in [0.3, 0.4) is 0 Å². The van der Waals surface area contributed by atoms with Crippen LogP contribution in [0.1, 0.15) is 38.9 Å². The molecule has 0 heterocycles. The third-order valence-electron chi connectivity index (χ3n) is 2.99. The van der Waals surface area contributed by atoms with E-state index in [1.807, 2.05) is 51.1 Å². The number of aliphatic hydroxyl groups is 1. The molecular weight excluding hydrogens is 230 g/mol. The molecule has 1 rings (SSSR count). The fourth-order valence-corrected chi connectivity index (χ4v) is 1.81. The highest BCUT2D eigenvalue weighted by Crippen LogP contribution is 2.28. The van der Waals surface area contributed by atoms with Crippen molar-refractivity contribution in [3.63, 3.8) is 0 Å². The minimum absolute atomic E-state index is 0.242. The first-order valence-corrected chi connectivity index (χ1v) is 6.03. The minimum Gasteiger partial charge on any atom is -0.465 e. The van der Waals surface area contributed by atoms with E-state index in [0.29, 0.717) is 6.42 Å². The molecule has 0 saturated heterocycles. The molecule has 0 aliphatic heterocycles. The van der Waals surface area contributed by atoms with Gasteiger partial charge in [0.15, 0.2) is 0 Å². The summed E-state index contributed by atoms with van der Waals surface area (Å²) in [4.78, 5) is 10.8. The lowest BCUT2D eigenvalue weighted by molar-refractivity contribution is 0.114. The van der Waals surface area contributed by atoms with Crippen molar-refractivity contribution in [2.45, 2.75) is 39.3 Å². The van der Waals surface area contributed by atoms with Gasteiger partial charge in [-0.3, -0.25) is 0 Å². The first kappa shape index (κ1) is 14.5. The molecule has 1 aromatic rings. The monoisotopic (exact) mass is 251 g/mol. The highest BCUT2D eigenvalue weighted by atomic mass is 16.4. The summed E-state index contributed by atoms with van der Waals surface area (Å²) in [5, 5.41) is 21.4. The average molecular weight is 251 g/mol. The Kier molecular flexibility index (Phi) is 4.73. The van der Waals surface area contributed by atoms with Crippen molar-refractivity contribution in [2.24, 2.45) is 5.41 Å². The fourth-order valence-electron chi connectivity index (χ4n) is 1.81. The molecule has 0 spiro atoms. The summed E-state index contributed by atoms with van der Waals surface area (Å²) < 4.78 is 0. The van der Waals surface area contributed by atoms with E-state index in [1.165, 1.54) is 0 Å². The van der Waals surface area contributed by atoms with E-state index in [-0.39, 0.29) is 11.5 Å². The zero-order valence-electron chi connectivity index (χ0n) is 11.1. The van der Waals surface area contributed by atoms with E-state index in [2.05, 4.69) is 5.32 Å². The van der Waals surface area contributed by atoms with Gasteiger partial charge in [-0.2, -0.15) is 0 Å². The first-order chi connectivity index (χ1) is 8.30. The van der Waals surface area contributed by atoms with Crippen LogP contribution >= 0.6 is 0 Å². The Labute approximate surface area is 108 Å². The second-order valence-electron chi connectivity index (χ2n) is 5.53. The average Bonchev–Trinajstić information content (AvgIpc) is 2.27. The van der Waals surface area contributed by atoms with E-state index >= 15 is 0 Å². The number of carbonyl (C=O) groups is 1. The number of rotatable bonds is 4. The summed E-state index contributed by atoms with van der Waals surface area (Å²) in [6.45, 7) is 5.85. The van der Waals surface area contributed by atoms with Gasteiger partial charge in [-0.05, 0) is 17.4 Å². The standard InChI is InChI=1S/C14H21NO3/c1-14(2,3)12(15-13(17)18)9-11(16)10-7-5-4-6-8-10/h4-8,11-12,15-16H,9H2,1-3H3,(H,17,18)/t11-,12?/m1/s1. The Morgan fingerprint density at radius 2 is 1.83 bits per heavy atom. The van der Waals surface area contributed by atoms with Crippen LogP contribution in [-0.2, 0) is 0 Å². The van der Waals surface area contributed by atoms with Crippen molar-refractivity contribution in [1.29, 1.82) is 0 Å². The van der Waals surface area contributed by atoms with Crippen molar-refractivity contribution in [2.75, 3.05) is 0 Å². The van der Waals surface area contributed by atoms with Gasteiger partial charge in [0.1, 0.15) is 0 Å². The van der Waals surface area contributed by atoms with Gasteiger partial charge in [-0.15, -0.1) is 0 Å². The molecular formula is C14H21NO3. The molecule has 2 atom stereocenters. The molecule has 1 aromatic carbocycles. The molecule has 1 unspecified atom stereocenters. The van der Waals surface area contributed by atoms with Crippen LogP contribution in [-0.4, -0.2) is 22.3 Å². The van der Waals surface area contributed by atoms with Crippen molar-refractivity contribution < 1.29 is 15.0 Å². The zero-order valence-corrected chi connectivity index (χ0v) is 11.1. The van der Waals surface area contributed by atoms with Crippen LogP contribution in [0.25, 0.3) is 0 Å². The Bertz CT molecular complexity index is 384. The summed E-state index contributed by atoms with van der Waals surface area (Å²) in [5.74, 6) is 0. The van der Waals surface area contributed by atoms with Crippen molar-refractivity contribution in [1.82, 2.24) is 5.32 Å². The fraction of sp³-hybridized carbons (Fsp3) is 0.500. The van der Waals surface area contributed by atoms with Crippen LogP contribution in [0.15, 0.2) is 30.3 Å². The van der Waals surface area contributed by atoms with Crippen LogP contribution in [0, 0.1) is 5.41 Å². The molecule has 0 aliphatic carbocycles. The molecule has 4 heteroatoms. The number of amides is 1. The third kappa shape index (κ3) is 4.37. The highest BCUT2D eigenvalue weighted by molar-refractivity contribution is 5.65. The summed E-state index contributed by atoms with van der Waals surface area (Å²) >= 11 is 0. The highest BCUT2D eigenvalue weighted by Gasteiger charge is 2.28. The second-order valence-corrected chi connectivity index (χ2v) is 5.53. The Morgan fingerprint density at radius 3 is 2.28 bits per heavy atom. The van der Waals surface area contributed by atoms with E-state index in [9.17, 15) is 9.90 Å². The molecule has 0 bridgehead atoms. The molecule has 100 valence electrons. The van der Waals surface area contributed by atoms with Crippen LogP contribution in [0.4, 0.5) is 4.79 Å². The van der Waals surface area contributed by atoms with Gasteiger partial charge in [0.2, 0.25) is 0 Å². The quantitative estimate of drug-likeness (QED) is 0.770. The van der Waals surface area contributed by atoms with Gasteiger partial charge in [0.05, 0.1) is 6.10 Å². The third-order valence-corrected chi connectivity index (χ3v) is 2.99. The van der Waals surface area contributed by atoms with Gasteiger partial charge in [0, 0.05) is 6.04 Å². The lowest BCUT2D eigenvalue weighted by Crippen LogP contribution is -2.44. The zero-order chi connectivity index (χ0) is 13.8. The Balaban J connectivity index is 2.75.